The number of carbonyl (C=O) groups is 1. The van der Waals surface area contributed by atoms with Crippen LogP contribution < -0.4 is 10.1 Å². The summed E-state index contributed by atoms with van der Waals surface area (Å²) < 4.78 is 27.7. The van der Waals surface area contributed by atoms with E-state index in [1.54, 1.807) is 54.7 Å². The summed E-state index contributed by atoms with van der Waals surface area (Å²) in [5.41, 5.74) is 5.61. The lowest BCUT2D eigenvalue weighted by Gasteiger charge is -2.16. The van der Waals surface area contributed by atoms with Crippen LogP contribution in [0.5, 0.6) is 0 Å². The third-order valence-corrected chi connectivity index (χ3v) is 8.07. The van der Waals surface area contributed by atoms with Gasteiger partial charge in [-0.2, -0.15) is 5.10 Å². The number of hydrogen-bond donors (Lipinski definition) is 2. The van der Waals surface area contributed by atoms with E-state index in [4.69, 9.17) is 0 Å². The molecular weight excluding hydrogens is 442 g/mol. The van der Waals surface area contributed by atoms with E-state index in [2.05, 4.69) is 22.2 Å². The van der Waals surface area contributed by atoms with Gasteiger partial charge < -0.3 is 0 Å². The first-order valence-corrected chi connectivity index (χ1v) is 12.8. The molecule has 1 amide bonds. The molecule has 1 aliphatic carbocycles. The molecule has 3 aromatic rings. The van der Waals surface area contributed by atoms with Crippen molar-refractivity contribution in [1.82, 2.24) is 5.43 Å². The van der Waals surface area contributed by atoms with Gasteiger partial charge in [0.25, 0.3) is 15.9 Å². The molecule has 2 N–H and O–H groups in total. The number of sulfonamides is 1. The highest BCUT2D eigenvalue weighted by Crippen LogP contribution is 2.32. The molecule has 1 unspecified atom stereocenters. The number of fused-ring (bicyclic) bond motifs is 1. The van der Waals surface area contributed by atoms with Gasteiger partial charge in [0.2, 0.25) is 0 Å². The minimum Gasteiger partial charge on any atom is -0.280 e. The Hall–Kier alpha value is -2.97. The predicted molar refractivity (Wildman–Crippen MR) is 129 cm³/mol. The van der Waals surface area contributed by atoms with Crippen molar-refractivity contribution in [3.05, 3.63) is 81.5 Å². The molecule has 0 bridgehead atoms. The molecule has 0 saturated carbocycles. The van der Waals surface area contributed by atoms with Gasteiger partial charge >= 0.3 is 0 Å². The maximum atomic E-state index is 12.6. The third-order valence-electron chi connectivity index (χ3n) is 5.47. The van der Waals surface area contributed by atoms with Gasteiger partial charge in [-0.25, -0.2) is 13.8 Å². The van der Waals surface area contributed by atoms with Gasteiger partial charge in [-0.1, -0.05) is 37.3 Å². The lowest BCUT2D eigenvalue weighted by Crippen LogP contribution is -2.18. The summed E-state index contributed by atoms with van der Waals surface area (Å²) in [6.45, 7) is 4.01. The van der Waals surface area contributed by atoms with Gasteiger partial charge in [-0.05, 0) is 73.6 Å². The van der Waals surface area contributed by atoms with Crippen molar-refractivity contribution in [2.75, 3.05) is 4.72 Å². The molecule has 32 heavy (non-hydrogen) atoms. The molecule has 1 atom stereocenters. The van der Waals surface area contributed by atoms with E-state index < -0.39 is 10.0 Å². The van der Waals surface area contributed by atoms with Crippen molar-refractivity contribution < 1.29 is 13.2 Å². The van der Waals surface area contributed by atoms with Crippen molar-refractivity contribution in [2.24, 2.45) is 11.0 Å². The zero-order chi connectivity index (χ0) is 22.7. The fourth-order valence-corrected chi connectivity index (χ4v) is 5.99. The van der Waals surface area contributed by atoms with Crippen LogP contribution in [0.25, 0.3) is 0 Å². The highest BCUT2D eigenvalue weighted by atomic mass is 32.2. The Kier molecular flexibility index (Phi) is 6.43. The smallest absolute Gasteiger partial charge is 0.280 e. The normalized spacial score (nSPS) is 16.3. The molecule has 166 valence electrons. The summed E-state index contributed by atoms with van der Waals surface area (Å²) in [6.07, 6.45) is 3.21. The van der Waals surface area contributed by atoms with Gasteiger partial charge in [0.1, 0.15) is 0 Å². The van der Waals surface area contributed by atoms with E-state index >= 15 is 0 Å². The standard InChI is InChI=1S/C24H25N3O3S2/c1-16-11-12-19-15-23(31-22(19)13-16)24(28)26-25-17(2)18-7-6-8-20(14-18)27-32(29,30)21-9-4-3-5-10-21/h3-10,14-16,27H,11-13H2,1-2H3,(H,26,28)/b25-17-. The van der Waals surface area contributed by atoms with E-state index in [1.165, 1.54) is 22.6 Å². The SMILES string of the molecule is C/C(=N/NC(=O)c1cc2c(s1)CC(C)CC2)c1cccc(NS(=O)(=O)c2ccccc2)c1. The van der Waals surface area contributed by atoms with Gasteiger partial charge in [0.05, 0.1) is 15.5 Å². The summed E-state index contributed by atoms with van der Waals surface area (Å²) in [7, 11) is -3.68. The van der Waals surface area contributed by atoms with Gasteiger partial charge in [0, 0.05) is 10.6 Å². The topological polar surface area (TPSA) is 87.6 Å². The summed E-state index contributed by atoms with van der Waals surface area (Å²) in [6, 6.07) is 17.1. The van der Waals surface area contributed by atoms with Gasteiger partial charge in [0.15, 0.2) is 0 Å². The lowest BCUT2D eigenvalue weighted by atomic mass is 9.90. The number of benzene rings is 2. The molecule has 0 aliphatic heterocycles. The van der Waals surface area contributed by atoms with Crippen LogP contribution in [0.3, 0.4) is 0 Å². The monoisotopic (exact) mass is 467 g/mol. The Bertz CT molecular complexity index is 1260. The summed E-state index contributed by atoms with van der Waals surface area (Å²) in [5.74, 6) is 0.432. The Morgan fingerprint density at radius 2 is 1.88 bits per heavy atom. The van der Waals surface area contributed by atoms with Crippen LogP contribution in [0.2, 0.25) is 0 Å². The van der Waals surface area contributed by atoms with Crippen LogP contribution in [0.1, 0.15) is 45.9 Å². The van der Waals surface area contributed by atoms with Crippen molar-refractivity contribution in [3.63, 3.8) is 0 Å². The number of amides is 1. The second-order valence-electron chi connectivity index (χ2n) is 8.04. The maximum absolute atomic E-state index is 12.6. The number of thiophene rings is 1. The third kappa shape index (κ3) is 5.08. The van der Waals surface area contributed by atoms with Gasteiger partial charge in [-0.3, -0.25) is 9.52 Å². The average molecular weight is 468 g/mol. The second-order valence-corrected chi connectivity index (χ2v) is 10.9. The molecule has 0 saturated heterocycles. The molecule has 1 aliphatic rings. The predicted octanol–water partition coefficient (Wildman–Crippen LogP) is 4.83. The molecule has 6 nitrogen and oxygen atoms in total. The molecule has 1 aromatic heterocycles. The van der Waals surface area contributed by atoms with Crippen LogP contribution in [-0.4, -0.2) is 20.0 Å². The molecule has 2 aromatic carbocycles. The van der Waals surface area contributed by atoms with Crippen molar-refractivity contribution in [3.8, 4) is 0 Å². The summed E-state index contributed by atoms with van der Waals surface area (Å²) in [5, 5.41) is 4.23. The minimum absolute atomic E-state index is 0.191. The number of rotatable bonds is 6. The fraction of sp³-hybridized carbons (Fsp3) is 0.250. The number of nitrogens with zero attached hydrogens (tertiary/aromatic N) is 1. The molecule has 4 rings (SSSR count). The summed E-state index contributed by atoms with van der Waals surface area (Å²) in [4.78, 5) is 14.8. The Balaban J connectivity index is 1.45. The minimum atomic E-state index is -3.68. The number of hydrazone groups is 1. The number of aryl methyl sites for hydroxylation is 1. The number of hydrogen-bond acceptors (Lipinski definition) is 5. The largest absolute Gasteiger partial charge is 0.281 e. The Morgan fingerprint density at radius 1 is 1.09 bits per heavy atom. The first-order chi connectivity index (χ1) is 15.3. The second kappa shape index (κ2) is 9.26. The van der Waals surface area contributed by atoms with Crippen molar-refractivity contribution in [2.45, 2.75) is 38.0 Å². The number of anilines is 1. The van der Waals surface area contributed by atoms with Crippen LogP contribution >= 0.6 is 11.3 Å². The van der Waals surface area contributed by atoms with Crippen LogP contribution in [0.15, 0.2) is 70.7 Å². The molecule has 0 spiro atoms. The highest BCUT2D eigenvalue weighted by Gasteiger charge is 2.20. The Morgan fingerprint density at radius 3 is 2.66 bits per heavy atom. The Labute approximate surface area is 192 Å². The van der Waals surface area contributed by atoms with E-state index in [0.717, 1.165) is 19.3 Å². The molecule has 8 heteroatoms. The first kappa shape index (κ1) is 22.2. The maximum Gasteiger partial charge on any atom is 0.281 e. The van der Waals surface area contributed by atoms with Crippen LogP contribution in [-0.2, 0) is 22.9 Å². The van der Waals surface area contributed by atoms with Crippen LogP contribution in [0.4, 0.5) is 5.69 Å². The van der Waals surface area contributed by atoms with E-state index in [1.807, 2.05) is 12.1 Å². The number of carbonyl (C=O) groups excluding carboxylic acids is 1. The molecular formula is C24H25N3O3S2. The van der Waals surface area contributed by atoms with Gasteiger partial charge in [-0.15, -0.1) is 11.3 Å². The lowest BCUT2D eigenvalue weighted by molar-refractivity contribution is 0.0959. The molecule has 0 fully saturated rings. The van der Waals surface area contributed by atoms with Crippen molar-refractivity contribution >= 4 is 38.7 Å². The fourth-order valence-electron chi connectivity index (χ4n) is 3.66. The van der Waals surface area contributed by atoms with E-state index in [0.29, 0.717) is 27.8 Å². The van der Waals surface area contributed by atoms with E-state index in [9.17, 15) is 13.2 Å². The first-order valence-electron chi connectivity index (χ1n) is 10.5. The zero-order valence-electron chi connectivity index (χ0n) is 18.0. The summed E-state index contributed by atoms with van der Waals surface area (Å²) >= 11 is 1.54. The quantitative estimate of drug-likeness (QED) is 0.402. The van der Waals surface area contributed by atoms with E-state index in [-0.39, 0.29) is 10.8 Å². The molecule has 0 radical (unpaired) electrons. The van der Waals surface area contributed by atoms with Crippen molar-refractivity contribution in [1.29, 1.82) is 0 Å². The van der Waals surface area contributed by atoms with Crippen LogP contribution in [0, 0.1) is 5.92 Å². The number of nitrogens with one attached hydrogen (secondary N) is 2. The zero-order valence-corrected chi connectivity index (χ0v) is 19.6. The average Bonchev–Trinajstić information content (AvgIpc) is 3.21. The highest BCUT2D eigenvalue weighted by molar-refractivity contribution is 7.92. The molecule has 1 heterocycles.